The van der Waals surface area contributed by atoms with Crippen molar-refractivity contribution in [1.29, 1.82) is 0 Å². The number of ether oxygens (including phenoxy) is 1. The van der Waals surface area contributed by atoms with Gasteiger partial charge < -0.3 is 20.3 Å². The summed E-state index contributed by atoms with van der Waals surface area (Å²) in [5.74, 6) is 1.97. The second-order valence-electron chi connectivity index (χ2n) is 7.68. The first-order valence-corrected chi connectivity index (χ1v) is 10.8. The van der Waals surface area contributed by atoms with Crippen molar-refractivity contribution in [2.75, 3.05) is 46.4 Å². The number of hydrogen-bond donors (Lipinski definition) is 2. The fourth-order valence-electron chi connectivity index (χ4n) is 3.97. The fourth-order valence-corrected chi connectivity index (χ4v) is 3.97. The minimum atomic E-state index is 0.825. The standard InChI is InChI=1S/C22H36N4O/c1-23-22(24-12-4-2-5-14-26-15-6-3-7-16-26)25-13-10-19-8-9-21-20(18-19)11-17-27-21/h8-9,18H,2-7,10-17H2,1H3,(H2,23,24,25). The second-order valence-corrected chi connectivity index (χ2v) is 7.68. The number of hydrogen-bond acceptors (Lipinski definition) is 3. The highest BCUT2D eigenvalue weighted by molar-refractivity contribution is 5.79. The molecule has 2 heterocycles. The van der Waals surface area contributed by atoms with Gasteiger partial charge in [0.2, 0.25) is 0 Å². The molecule has 2 aliphatic heterocycles. The first-order chi connectivity index (χ1) is 13.3. The van der Waals surface area contributed by atoms with Crippen LogP contribution in [0.3, 0.4) is 0 Å². The Kier molecular flexibility index (Phi) is 8.28. The summed E-state index contributed by atoms with van der Waals surface area (Å²) in [6.45, 7) is 6.62. The molecule has 27 heavy (non-hydrogen) atoms. The third-order valence-electron chi connectivity index (χ3n) is 5.58. The monoisotopic (exact) mass is 372 g/mol. The Hall–Kier alpha value is -1.75. The van der Waals surface area contributed by atoms with Crippen molar-refractivity contribution >= 4 is 5.96 Å². The van der Waals surface area contributed by atoms with Gasteiger partial charge in [0.05, 0.1) is 6.61 Å². The van der Waals surface area contributed by atoms with Gasteiger partial charge in [-0.2, -0.15) is 0 Å². The zero-order chi connectivity index (χ0) is 18.7. The number of guanidine groups is 1. The van der Waals surface area contributed by atoms with Crippen LogP contribution in [-0.4, -0.2) is 57.2 Å². The van der Waals surface area contributed by atoms with Crippen LogP contribution in [0.15, 0.2) is 23.2 Å². The number of unbranched alkanes of at least 4 members (excludes halogenated alkanes) is 2. The summed E-state index contributed by atoms with van der Waals surface area (Å²) in [4.78, 5) is 6.96. The van der Waals surface area contributed by atoms with Crippen molar-refractivity contribution in [3.05, 3.63) is 29.3 Å². The van der Waals surface area contributed by atoms with E-state index < -0.39 is 0 Å². The third-order valence-corrected chi connectivity index (χ3v) is 5.58. The largest absolute Gasteiger partial charge is 0.493 e. The maximum atomic E-state index is 5.57. The van der Waals surface area contributed by atoms with Gasteiger partial charge in [0, 0.05) is 26.6 Å². The Morgan fingerprint density at radius 3 is 2.78 bits per heavy atom. The van der Waals surface area contributed by atoms with Gasteiger partial charge in [-0.15, -0.1) is 0 Å². The average Bonchev–Trinajstić information content (AvgIpc) is 3.18. The van der Waals surface area contributed by atoms with Crippen LogP contribution in [-0.2, 0) is 12.8 Å². The summed E-state index contributed by atoms with van der Waals surface area (Å²) in [6, 6.07) is 6.56. The minimum Gasteiger partial charge on any atom is -0.493 e. The molecule has 5 nitrogen and oxygen atoms in total. The molecule has 0 atom stereocenters. The van der Waals surface area contributed by atoms with E-state index in [1.807, 2.05) is 7.05 Å². The van der Waals surface area contributed by atoms with Gasteiger partial charge in [-0.05, 0) is 68.9 Å². The van der Waals surface area contributed by atoms with Gasteiger partial charge in [-0.3, -0.25) is 4.99 Å². The van der Waals surface area contributed by atoms with Gasteiger partial charge >= 0.3 is 0 Å². The van der Waals surface area contributed by atoms with E-state index in [0.29, 0.717) is 0 Å². The number of nitrogens with one attached hydrogen (secondary N) is 2. The van der Waals surface area contributed by atoms with Crippen molar-refractivity contribution in [2.45, 2.75) is 51.4 Å². The van der Waals surface area contributed by atoms with E-state index >= 15 is 0 Å². The van der Waals surface area contributed by atoms with E-state index in [1.165, 1.54) is 69.3 Å². The quantitative estimate of drug-likeness (QED) is 0.397. The highest BCUT2D eigenvalue weighted by Crippen LogP contribution is 2.25. The molecule has 1 fully saturated rings. The van der Waals surface area contributed by atoms with Crippen LogP contribution >= 0.6 is 0 Å². The molecule has 2 aliphatic rings. The molecule has 0 spiro atoms. The molecule has 0 unspecified atom stereocenters. The maximum Gasteiger partial charge on any atom is 0.190 e. The Balaban J connectivity index is 1.24. The Labute approximate surface area is 164 Å². The molecule has 5 heteroatoms. The lowest BCUT2D eigenvalue weighted by Crippen LogP contribution is -2.38. The molecule has 0 saturated carbocycles. The first kappa shape index (κ1) is 20.0. The summed E-state index contributed by atoms with van der Waals surface area (Å²) in [5, 5.41) is 6.87. The third kappa shape index (κ3) is 6.73. The molecule has 0 radical (unpaired) electrons. The maximum absolute atomic E-state index is 5.57. The molecule has 0 aliphatic carbocycles. The summed E-state index contributed by atoms with van der Waals surface area (Å²) in [6.07, 6.45) is 10.1. The number of nitrogens with zero attached hydrogens (tertiary/aromatic N) is 2. The van der Waals surface area contributed by atoms with Crippen molar-refractivity contribution in [2.24, 2.45) is 4.99 Å². The number of piperidine rings is 1. The molecule has 3 rings (SSSR count). The van der Waals surface area contributed by atoms with Crippen molar-refractivity contribution in [1.82, 2.24) is 15.5 Å². The van der Waals surface area contributed by atoms with Crippen LogP contribution in [0.5, 0.6) is 5.75 Å². The van der Waals surface area contributed by atoms with Crippen LogP contribution < -0.4 is 15.4 Å². The van der Waals surface area contributed by atoms with Crippen LogP contribution in [0.4, 0.5) is 0 Å². The molecule has 2 N–H and O–H groups in total. The predicted molar refractivity (Wildman–Crippen MR) is 113 cm³/mol. The first-order valence-electron chi connectivity index (χ1n) is 10.8. The molecule has 0 aromatic heterocycles. The molecule has 1 saturated heterocycles. The van der Waals surface area contributed by atoms with Crippen molar-refractivity contribution in [3.63, 3.8) is 0 Å². The number of benzene rings is 1. The fraction of sp³-hybridized carbons (Fsp3) is 0.682. The number of rotatable bonds is 9. The Bertz CT molecular complexity index is 596. The average molecular weight is 373 g/mol. The topological polar surface area (TPSA) is 48.9 Å². The summed E-state index contributed by atoms with van der Waals surface area (Å²) in [7, 11) is 1.85. The zero-order valence-corrected chi connectivity index (χ0v) is 16.9. The molecule has 1 aromatic rings. The number of likely N-dealkylation sites (tertiary alicyclic amines) is 1. The summed E-state index contributed by atoms with van der Waals surface area (Å²) < 4.78 is 5.57. The van der Waals surface area contributed by atoms with E-state index in [0.717, 1.165) is 44.2 Å². The second kappa shape index (κ2) is 11.2. The van der Waals surface area contributed by atoms with Gasteiger partial charge in [0.25, 0.3) is 0 Å². The minimum absolute atomic E-state index is 0.825. The van der Waals surface area contributed by atoms with E-state index in [9.17, 15) is 0 Å². The van der Waals surface area contributed by atoms with E-state index in [1.54, 1.807) is 0 Å². The Morgan fingerprint density at radius 1 is 1.07 bits per heavy atom. The van der Waals surface area contributed by atoms with E-state index in [2.05, 4.69) is 38.7 Å². The van der Waals surface area contributed by atoms with Crippen LogP contribution in [0.2, 0.25) is 0 Å². The molecule has 0 amide bonds. The molecular weight excluding hydrogens is 336 g/mol. The smallest absolute Gasteiger partial charge is 0.190 e. The Morgan fingerprint density at radius 2 is 1.93 bits per heavy atom. The van der Waals surface area contributed by atoms with Gasteiger partial charge in [0.1, 0.15) is 5.75 Å². The van der Waals surface area contributed by atoms with Crippen molar-refractivity contribution < 1.29 is 4.74 Å². The zero-order valence-electron chi connectivity index (χ0n) is 16.9. The lowest BCUT2D eigenvalue weighted by atomic mass is 10.1. The number of aliphatic imine (C=N–C) groups is 1. The molecule has 150 valence electrons. The van der Waals surface area contributed by atoms with Crippen LogP contribution in [0, 0.1) is 0 Å². The number of fused-ring (bicyclic) bond motifs is 1. The molecule has 1 aromatic carbocycles. The lowest BCUT2D eigenvalue weighted by molar-refractivity contribution is 0.224. The van der Waals surface area contributed by atoms with E-state index in [4.69, 9.17) is 4.74 Å². The SMILES string of the molecule is CN=C(NCCCCCN1CCCCC1)NCCc1ccc2c(c1)CCO2. The van der Waals surface area contributed by atoms with Gasteiger partial charge in [0.15, 0.2) is 5.96 Å². The van der Waals surface area contributed by atoms with Gasteiger partial charge in [-0.1, -0.05) is 25.0 Å². The predicted octanol–water partition coefficient (Wildman–Crippen LogP) is 2.99. The van der Waals surface area contributed by atoms with E-state index in [-0.39, 0.29) is 0 Å². The van der Waals surface area contributed by atoms with Crippen LogP contribution in [0.25, 0.3) is 0 Å². The highest BCUT2D eigenvalue weighted by atomic mass is 16.5. The van der Waals surface area contributed by atoms with Crippen molar-refractivity contribution in [3.8, 4) is 5.75 Å². The lowest BCUT2D eigenvalue weighted by Gasteiger charge is -2.26. The molecular formula is C22H36N4O. The van der Waals surface area contributed by atoms with Crippen LogP contribution in [0.1, 0.15) is 49.7 Å². The highest BCUT2D eigenvalue weighted by Gasteiger charge is 2.12. The van der Waals surface area contributed by atoms with Gasteiger partial charge in [-0.25, -0.2) is 0 Å². The normalized spacial score (nSPS) is 17.4. The summed E-state index contributed by atoms with van der Waals surface area (Å²) in [5.41, 5.74) is 2.71. The molecule has 0 bridgehead atoms. The summed E-state index contributed by atoms with van der Waals surface area (Å²) >= 11 is 0.